The molecule has 2 aromatic heterocycles. The largest absolute Gasteiger partial charge is 0.469 e. The van der Waals surface area contributed by atoms with E-state index in [9.17, 15) is 23.8 Å². The van der Waals surface area contributed by atoms with E-state index in [2.05, 4.69) is 9.97 Å². The average Bonchev–Trinajstić information content (AvgIpc) is 3.76. The lowest BCUT2D eigenvalue weighted by Gasteiger charge is -2.25. The number of benzene rings is 1. The molecule has 0 amide bonds. The molecular weight excluding hydrogens is 728 g/mol. The van der Waals surface area contributed by atoms with Gasteiger partial charge in [0.05, 0.1) is 31.7 Å². The summed E-state index contributed by atoms with van der Waals surface area (Å²) in [6.45, 7) is 2.26. The normalized spacial score (nSPS) is 33.1. The minimum absolute atomic E-state index is 0.0429. The molecule has 0 spiro atoms. The van der Waals surface area contributed by atoms with Crippen LogP contribution >= 0.6 is 37.6 Å². The van der Waals surface area contributed by atoms with Gasteiger partial charge in [-0.15, -0.1) is 0 Å². The molecule has 1 saturated carbocycles. The Labute approximate surface area is 289 Å². The number of aromatic nitrogens is 4. The van der Waals surface area contributed by atoms with Gasteiger partial charge in [-0.05, 0) is 69.2 Å². The predicted molar refractivity (Wildman–Crippen MR) is 171 cm³/mol. The number of imidazole rings is 1. The number of nitrogens with one attached hydrogen (secondary N) is 1. The van der Waals surface area contributed by atoms with Gasteiger partial charge in [0, 0.05) is 10.8 Å². The third-order valence-electron chi connectivity index (χ3n) is 8.74. The monoisotopic (exact) mass is 763 g/mol. The highest BCUT2D eigenvalue weighted by molar-refractivity contribution is 8.54. The topological polar surface area (TPSA) is 219 Å². The Bertz CT molecular complexity index is 1890. The molecule has 268 valence electrons. The summed E-state index contributed by atoms with van der Waals surface area (Å²) in [5, 5.41) is 9.09. The van der Waals surface area contributed by atoms with E-state index in [0.717, 1.165) is 0 Å². The van der Waals surface area contributed by atoms with Crippen LogP contribution in [0.4, 0.5) is 0 Å². The van der Waals surface area contributed by atoms with E-state index in [1.807, 2.05) is 0 Å². The number of halogens is 1. The predicted octanol–water partition coefficient (Wildman–Crippen LogP) is 3.88. The van der Waals surface area contributed by atoms with Crippen LogP contribution in [0.5, 0.6) is 0 Å². The Hall–Kier alpha value is -1.73. The zero-order valence-corrected chi connectivity index (χ0v) is 30.1. The number of rotatable bonds is 10. The maximum atomic E-state index is 12.9. The second-order valence-corrected chi connectivity index (χ2v) is 18.5. The molecule has 49 heavy (non-hydrogen) atoms. The molecule has 3 aromatic rings. The SMILES string of the molecule is CC1(C)O[C@@H]2[C@@H](COP(=O)(O)O)C[C@@H](n3cnc4c(nc(Cl)n4[C@@H]4O[C@H](COP(=O)(O)Sc5ccccc5)[C@H]5OC(C)(C)O[C@H]54)c3=N)[C@@H]2O1. The van der Waals surface area contributed by atoms with Crippen LogP contribution in [0, 0.1) is 11.3 Å². The fraction of sp³-hybridized carbons (Fsp3) is 0.607. The molecule has 0 radical (unpaired) electrons. The fourth-order valence-corrected chi connectivity index (χ4v) is 10.0. The number of fused-ring (bicyclic) bond motifs is 3. The average molecular weight is 764 g/mol. The van der Waals surface area contributed by atoms with Crippen LogP contribution in [0.25, 0.3) is 11.2 Å². The minimum Gasteiger partial charge on any atom is -0.346 e. The van der Waals surface area contributed by atoms with Gasteiger partial charge < -0.3 is 42.9 Å². The quantitative estimate of drug-likeness (QED) is 0.170. The van der Waals surface area contributed by atoms with Crippen LogP contribution in [0.2, 0.25) is 5.28 Å². The second kappa shape index (κ2) is 12.7. The molecular formula is C28H36ClN5O12P2S. The summed E-state index contributed by atoms with van der Waals surface area (Å²) < 4.78 is 68.7. The van der Waals surface area contributed by atoms with E-state index in [1.165, 1.54) is 10.9 Å². The number of ether oxygens (including phenoxy) is 5. The summed E-state index contributed by atoms with van der Waals surface area (Å²) in [5.74, 6) is -2.44. The maximum absolute atomic E-state index is 12.9. The molecule has 4 aliphatic rings. The highest BCUT2D eigenvalue weighted by atomic mass is 35.5. The van der Waals surface area contributed by atoms with Crippen molar-refractivity contribution in [2.24, 2.45) is 5.92 Å². The minimum atomic E-state index is -4.73. The van der Waals surface area contributed by atoms with Crippen LogP contribution < -0.4 is 5.49 Å². The van der Waals surface area contributed by atoms with Crippen molar-refractivity contribution in [1.29, 1.82) is 5.41 Å². The van der Waals surface area contributed by atoms with Crippen LogP contribution in [0.3, 0.4) is 0 Å². The molecule has 4 fully saturated rings. The summed E-state index contributed by atoms with van der Waals surface area (Å²) >= 11 is 7.42. The molecule has 1 unspecified atom stereocenters. The first-order valence-electron chi connectivity index (χ1n) is 15.4. The van der Waals surface area contributed by atoms with Gasteiger partial charge in [0.1, 0.15) is 24.4 Å². The zero-order chi connectivity index (χ0) is 35.1. The first kappa shape index (κ1) is 35.7. The lowest BCUT2D eigenvalue weighted by atomic mass is 10.1. The molecule has 3 saturated heterocycles. The van der Waals surface area contributed by atoms with Crippen molar-refractivity contribution < 1.29 is 56.5 Å². The first-order valence-corrected chi connectivity index (χ1v) is 20.3. The van der Waals surface area contributed by atoms with Gasteiger partial charge in [0.25, 0.3) is 0 Å². The van der Waals surface area contributed by atoms with E-state index in [-0.39, 0.29) is 35.1 Å². The van der Waals surface area contributed by atoms with Crippen molar-refractivity contribution in [3.8, 4) is 0 Å². The Morgan fingerprint density at radius 2 is 1.63 bits per heavy atom. The molecule has 4 N–H and O–H groups in total. The van der Waals surface area contributed by atoms with Gasteiger partial charge in [-0.2, -0.15) is 0 Å². The van der Waals surface area contributed by atoms with Crippen LogP contribution in [-0.2, 0) is 41.9 Å². The molecule has 21 heteroatoms. The molecule has 0 bridgehead atoms. The molecule has 17 nitrogen and oxygen atoms in total. The third kappa shape index (κ3) is 7.19. The van der Waals surface area contributed by atoms with Gasteiger partial charge in [0.2, 0.25) is 5.28 Å². The Morgan fingerprint density at radius 3 is 2.33 bits per heavy atom. The highest BCUT2D eigenvalue weighted by Gasteiger charge is 2.58. The van der Waals surface area contributed by atoms with Gasteiger partial charge in [-0.25, -0.2) is 19.1 Å². The summed E-state index contributed by atoms with van der Waals surface area (Å²) in [7, 11) is -4.73. The van der Waals surface area contributed by atoms with E-state index in [4.69, 9.17) is 49.7 Å². The third-order valence-corrected chi connectivity index (χ3v) is 12.3. The summed E-state index contributed by atoms with van der Waals surface area (Å²) in [5.41, 5.74) is 0.322. The van der Waals surface area contributed by atoms with Gasteiger partial charge in [-0.1, -0.05) is 18.2 Å². The Kier molecular flexibility index (Phi) is 9.27. The van der Waals surface area contributed by atoms with Crippen molar-refractivity contribution in [1.82, 2.24) is 19.1 Å². The number of phosphoric acid groups is 1. The van der Waals surface area contributed by atoms with Crippen LogP contribution in [-0.4, -0.2) is 89.1 Å². The number of hydrogen-bond donors (Lipinski definition) is 4. The first-order chi connectivity index (χ1) is 22.9. The van der Waals surface area contributed by atoms with E-state index >= 15 is 0 Å². The molecule has 9 atom stereocenters. The summed E-state index contributed by atoms with van der Waals surface area (Å²) in [6.07, 6.45) is -2.58. The van der Waals surface area contributed by atoms with Crippen LogP contribution in [0.1, 0.15) is 46.4 Å². The van der Waals surface area contributed by atoms with Crippen molar-refractivity contribution in [2.45, 2.75) is 93.4 Å². The van der Waals surface area contributed by atoms with Crippen LogP contribution in [0.15, 0.2) is 41.6 Å². The molecule has 1 aromatic carbocycles. The number of nitrogens with zero attached hydrogens (tertiary/aromatic N) is 4. The highest BCUT2D eigenvalue weighted by Crippen LogP contribution is 2.60. The van der Waals surface area contributed by atoms with E-state index in [0.29, 0.717) is 22.7 Å². The fourth-order valence-electron chi connectivity index (χ4n) is 6.95. The number of hydrogen-bond acceptors (Lipinski definition) is 13. The Morgan fingerprint density at radius 1 is 0.980 bits per heavy atom. The molecule has 7 rings (SSSR count). The van der Waals surface area contributed by atoms with E-state index < -0.39 is 74.9 Å². The van der Waals surface area contributed by atoms with Crippen molar-refractivity contribution >= 4 is 48.8 Å². The molecule has 3 aliphatic heterocycles. The zero-order valence-electron chi connectivity index (χ0n) is 26.7. The molecule has 5 heterocycles. The maximum Gasteiger partial charge on any atom is 0.469 e. The van der Waals surface area contributed by atoms with Crippen molar-refractivity contribution in [3.63, 3.8) is 0 Å². The van der Waals surface area contributed by atoms with E-state index in [1.54, 1.807) is 62.6 Å². The summed E-state index contributed by atoms with van der Waals surface area (Å²) in [4.78, 5) is 38.8. The standard InChI is InChI=1S/C28H36ClN5O12P2S/c1-27(2)43-19-14(11-40-47(35,36)37)10-16(20(19)44-27)33-13-31-24-18(23(33)30)32-26(29)34(24)25-22-21(45-28(3,4)46-22)17(42-25)12-41-48(38,39)49-15-8-6-5-7-9-15/h5-9,13-14,16-17,19-22,25,30H,10-12H2,1-4H3,(H,38,39)(H2,35,36,37)/t14-,16-,17-,19-,20+,21-,22-,25-/m1/s1. The second-order valence-electron chi connectivity index (χ2n) is 13.1. The van der Waals surface area contributed by atoms with Crippen molar-refractivity contribution in [2.75, 3.05) is 13.2 Å². The van der Waals surface area contributed by atoms with Gasteiger partial charge >= 0.3 is 14.6 Å². The number of phosphoric ester groups is 1. The van der Waals surface area contributed by atoms with Crippen molar-refractivity contribution in [3.05, 3.63) is 47.4 Å². The smallest absolute Gasteiger partial charge is 0.346 e. The Balaban J connectivity index is 1.16. The lowest BCUT2D eigenvalue weighted by molar-refractivity contribution is -0.198. The van der Waals surface area contributed by atoms with Gasteiger partial charge in [-0.3, -0.25) is 19.0 Å². The van der Waals surface area contributed by atoms with Gasteiger partial charge in [0.15, 0.2) is 34.5 Å². The molecule has 1 aliphatic carbocycles. The lowest BCUT2D eigenvalue weighted by Crippen LogP contribution is -2.34. The summed E-state index contributed by atoms with van der Waals surface area (Å²) in [6, 6.07) is 8.21.